The van der Waals surface area contributed by atoms with E-state index in [2.05, 4.69) is 13.8 Å². The highest BCUT2D eigenvalue weighted by molar-refractivity contribution is 5.69. The van der Waals surface area contributed by atoms with Gasteiger partial charge in [0.1, 0.15) is 6.10 Å². The molecule has 0 fully saturated rings. The first-order chi connectivity index (χ1) is 22.1. The van der Waals surface area contributed by atoms with Gasteiger partial charge in [-0.15, -0.1) is 0 Å². The van der Waals surface area contributed by atoms with Crippen molar-refractivity contribution in [3.05, 3.63) is 0 Å². The van der Waals surface area contributed by atoms with Gasteiger partial charge in [0.25, 0.3) is 0 Å². The standard InChI is InChI=1S/C41H80O4/c1-3-5-6-7-8-9-10-11-20-23-26-29-32-35-38-41(44)45-39(4-2)36-33-30-27-24-21-18-16-14-12-13-15-17-19-22-25-28-31-34-37-40(42)43/h39H,3-38H2,1-2H3,(H,42,43). The zero-order chi connectivity index (χ0) is 32.9. The molecule has 1 unspecified atom stereocenters. The molecule has 45 heavy (non-hydrogen) atoms. The Labute approximate surface area is 282 Å². The highest BCUT2D eigenvalue weighted by Gasteiger charge is 2.12. The lowest BCUT2D eigenvalue weighted by Gasteiger charge is -2.16. The van der Waals surface area contributed by atoms with E-state index in [9.17, 15) is 9.59 Å². The number of hydrogen-bond acceptors (Lipinski definition) is 3. The molecule has 0 bridgehead atoms. The molecule has 0 amide bonds. The summed E-state index contributed by atoms with van der Waals surface area (Å²) in [5.41, 5.74) is 0. The number of hydrogen-bond donors (Lipinski definition) is 1. The Morgan fingerprint density at radius 2 is 0.711 bits per heavy atom. The van der Waals surface area contributed by atoms with E-state index >= 15 is 0 Å². The number of carboxylic acids is 1. The van der Waals surface area contributed by atoms with Crippen LogP contribution in [0.15, 0.2) is 0 Å². The number of ether oxygens (including phenoxy) is 1. The Balaban J connectivity index is 3.36. The maximum Gasteiger partial charge on any atom is 0.306 e. The predicted octanol–water partition coefficient (Wildman–Crippen LogP) is 14.1. The molecule has 0 aliphatic carbocycles. The molecule has 0 aromatic rings. The molecular formula is C41H80O4. The van der Waals surface area contributed by atoms with Crippen molar-refractivity contribution in [3.63, 3.8) is 0 Å². The average molecular weight is 637 g/mol. The van der Waals surface area contributed by atoms with E-state index in [1.54, 1.807) is 0 Å². The van der Waals surface area contributed by atoms with Crippen LogP contribution in [0.4, 0.5) is 0 Å². The third-order valence-corrected chi connectivity index (χ3v) is 9.65. The first-order valence-electron chi connectivity index (χ1n) is 20.5. The lowest BCUT2D eigenvalue weighted by molar-refractivity contribution is -0.149. The van der Waals surface area contributed by atoms with Gasteiger partial charge < -0.3 is 9.84 Å². The van der Waals surface area contributed by atoms with Crippen LogP contribution in [0.2, 0.25) is 0 Å². The first kappa shape index (κ1) is 43.9. The minimum atomic E-state index is -0.659. The van der Waals surface area contributed by atoms with Crippen molar-refractivity contribution in [2.45, 2.75) is 251 Å². The van der Waals surface area contributed by atoms with E-state index in [-0.39, 0.29) is 12.1 Å². The Kier molecular flexibility index (Phi) is 36.5. The van der Waals surface area contributed by atoms with Crippen LogP contribution in [-0.4, -0.2) is 23.1 Å². The zero-order valence-corrected chi connectivity index (χ0v) is 30.7. The molecule has 0 aromatic carbocycles. The minimum absolute atomic E-state index is 0.0301. The summed E-state index contributed by atoms with van der Waals surface area (Å²) >= 11 is 0. The summed E-state index contributed by atoms with van der Waals surface area (Å²) in [4.78, 5) is 22.8. The summed E-state index contributed by atoms with van der Waals surface area (Å²) < 4.78 is 5.80. The second-order valence-corrected chi connectivity index (χ2v) is 14.2. The normalized spacial score (nSPS) is 12.0. The van der Waals surface area contributed by atoms with Crippen LogP contribution in [0.1, 0.15) is 245 Å². The third kappa shape index (κ3) is 37.3. The molecule has 0 saturated heterocycles. The molecule has 1 atom stereocenters. The quantitative estimate of drug-likeness (QED) is 0.0541. The fourth-order valence-electron chi connectivity index (χ4n) is 6.53. The van der Waals surface area contributed by atoms with Crippen molar-refractivity contribution in [3.8, 4) is 0 Å². The lowest BCUT2D eigenvalue weighted by atomic mass is 10.0. The molecule has 1 N–H and O–H groups in total. The van der Waals surface area contributed by atoms with Gasteiger partial charge >= 0.3 is 11.9 Å². The molecule has 268 valence electrons. The monoisotopic (exact) mass is 637 g/mol. The number of carboxylic acid groups (broad SMARTS) is 1. The molecule has 0 aliphatic rings. The molecule has 4 nitrogen and oxygen atoms in total. The summed E-state index contributed by atoms with van der Waals surface area (Å²) in [7, 11) is 0. The Hall–Kier alpha value is -1.06. The largest absolute Gasteiger partial charge is 0.481 e. The van der Waals surface area contributed by atoms with Crippen LogP contribution in [0, 0.1) is 0 Å². The van der Waals surface area contributed by atoms with Crippen LogP contribution in [-0.2, 0) is 14.3 Å². The summed E-state index contributed by atoms with van der Waals surface area (Å²) in [6.07, 6.45) is 45.1. The Morgan fingerprint density at radius 3 is 1.02 bits per heavy atom. The number of carbonyl (C=O) groups excluding carboxylic acids is 1. The van der Waals surface area contributed by atoms with Crippen molar-refractivity contribution in [2.75, 3.05) is 0 Å². The van der Waals surface area contributed by atoms with Gasteiger partial charge in [0.2, 0.25) is 0 Å². The molecule has 0 radical (unpaired) electrons. The van der Waals surface area contributed by atoms with Crippen molar-refractivity contribution >= 4 is 11.9 Å². The van der Waals surface area contributed by atoms with Crippen LogP contribution in [0.5, 0.6) is 0 Å². The van der Waals surface area contributed by atoms with Crippen molar-refractivity contribution in [1.29, 1.82) is 0 Å². The van der Waals surface area contributed by atoms with Crippen LogP contribution in [0.25, 0.3) is 0 Å². The molecule has 0 saturated carbocycles. The highest BCUT2D eigenvalue weighted by atomic mass is 16.5. The number of unbranched alkanes of at least 4 members (excludes halogenated alkanes) is 30. The summed E-state index contributed by atoms with van der Waals surface area (Å²) in [6.45, 7) is 4.44. The molecule has 0 aromatic heterocycles. The molecule has 0 heterocycles. The van der Waals surface area contributed by atoms with Gasteiger partial charge in [-0.2, -0.15) is 0 Å². The summed E-state index contributed by atoms with van der Waals surface area (Å²) in [5.74, 6) is -0.629. The van der Waals surface area contributed by atoms with Crippen molar-refractivity contribution < 1.29 is 19.4 Å². The topological polar surface area (TPSA) is 63.6 Å². The first-order valence-corrected chi connectivity index (χ1v) is 20.5. The summed E-state index contributed by atoms with van der Waals surface area (Å²) in [5, 5.41) is 8.65. The van der Waals surface area contributed by atoms with E-state index in [1.165, 1.54) is 186 Å². The fraction of sp³-hybridized carbons (Fsp3) is 0.951. The highest BCUT2D eigenvalue weighted by Crippen LogP contribution is 2.18. The molecule has 0 aliphatic heterocycles. The number of rotatable bonds is 38. The van der Waals surface area contributed by atoms with E-state index < -0.39 is 5.97 Å². The Bertz CT molecular complexity index is 604. The van der Waals surface area contributed by atoms with E-state index in [0.29, 0.717) is 12.8 Å². The average Bonchev–Trinajstić information content (AvgIpc) is 3.03. The zero-order valence-electron chi connectivity index (χ0n) is 30.7. The fourth-order valence-corrected chi connectivity index (χ4v) is 6.53. The number of aliphatic carboxylic acids is 1. The maximum atomic E-state index is 12.3. The Morgan fingerprint density at radius 1 is 0.422 bits per heavy atom. The number of esters is 1. The van der Waals surface area contributed by atoms with Crippen LogP contribution >= 0.6 is 0 Å². The van der Waals surface area contributed by atoms with Gasteiger partial charge in [-0.25, -0.2) is 0 Å². The minimum Gasteiger partial charge on any atom is -0.481 e. The SMILES string of the molecule is CCCCCCCCCCCCCCCCC(=O)OC(CC)CCCCCCCCCCCCCCCCCCCCC(=O)O. The third-order valence-electron chi connectivity index (χ3n) is 9.65. The molecule has 4 heteroatoms. The second kappa shape index (κ2) is 37.4. The van der Waals surface area contributed by atoms with Gasteiger partial charge in [-0.1, -0.05) is 200 Å². The lowest BCUT2D eigenvalue weighted by Crippen LogP contribution is -2.17. The predicted molar refractivity (Wildman–Crippen MR) is 195 cm³/mol. The smallest absolute Gasteiger partial charge is 0.306 e. The second-order valence-electron chi connectivity index (χ2n) is 14.2. The van der Waals surface area contributed by atoms with Gasteiger partial charge in [-0.05, 0) is 32.1 Å². The summed E-state index contributed by atoms with van der Waals surface area (Å²) in [6, 6.07) is 0. The van der Waals surface area contributed by atoms with E-state index in [1.807, 2.05) is 0 Å². The molecular weight excluding hydrogens is 556 g/mol. The molecule has 0 spiro atoms. The van der Waals surface area contributed by atoms with Crippen molar-refractivity contribution in [1.82, 2.24) is 0 Å². The van der Waals surface area contributed by atoms with Gasteiger partial charge in [0.05, 0.1) is 0 Å². The van der Waals surface area contributed by atoms with Crippen LogP contribution < -0.4 is 0 Å². The van der Waals surface area contributed by atoms with Gasteiger partial charge in [0, 0.05) is 12.8 Å². The maximum absolute atomic E-state index is 12.3. The van der Waals surface area contributed by atoms with Gasteiger partial charge in [-0.3, -0.25) is 9.59 Å². The van der Waals surface area contributed by atoms with Crippen molar-refractivity contribution in [2.24, 2.45) is 0 Å². The van der Waals surface area contributed by atoms with Crippen LogP contribution in [0.3, 0.4) is 0 Å². The van der Waals surface area contributed by atoms with E-state index in [4.69, 9.17) is 9.84 Å². The molecule has 0 rings (SSSR count). The van der Waals surface area contributed by atoms with Gasteiger partial charge in [0.15, 0.2) is 0 Å². The number of carbonyl (C=O) groups is 2. The van der Waals surface area contributed by atoms with E-state index in [0.717, 1.165) is 32.1 Å².